The van der Waals surface area contributed by atoms with E-state index < -0.39 is 0 Å². The Hall–Kier alpha value is -1.16. The fourth-order valence-electron chi connectivity index (χ4n) is 1.24. The van der Waals surface area contributed by atoms with Gasteiger partial charge in [0.1, 0.15) is 5.69 Å². The lowest BCUT2D eigenvalue weighted by Crippen LogP contribution is -2.02. The molecular weight excluding hydrogens is 168 g/mol. The number of hydrogen-bond donors (Lipinski definition) is 1. The van der Waals surface area contributed by atoms with E-state index in [0.29, 0.717) is 12.1 Å². The molecule has 72 valence electrons. The largest absolute Gasteiger partial charge is 0.396 e. The molecule has 1 heterocycles. The van der Waals surface area contributed by atoms with Gasteiger partial charge >= 0.3 is 0 Å². The van der Waals surface area contributed by atoms with Crippen LogP contribution >= 0.6 is 0 Å². The summed E-state index contributed by atoms with van der Waals surface area (Å²) < 4.78 is 1.58. The van der Waals surface area contributed by atoms with Crippen LogP contribution in [0, 0.1) is 0 Å². The summed E-state index contributed by atoms with van der Waals surface area (Å²) in [5, 5.41) is 12.8. The van der Waals surface area contributed by atoms with Crippen LogP contribution in [0.3, 0.4) is 0 Å². The molecule has 0 bridgehead atoms. The summed E-state index contributed by atoms with van der Waals surface area (Å²) >= 11 is 0. The molecule has 1 N–H and O–H groups in total. The van der Waals surface area contributed by atoms with Gasteiger partial charge in [-0.1, -0.05) is 0 Å². The lowest BCUT2D eigenvalue weighted by Gasteiger charge is -1.92. The molecule has 0 saturated carbocycles. The van der Waals surface area contributed by atoms with Gasteiger partial charge in [0, 0.05) is 20.6 Å². The average Bonchev–Trinajstić information content (AvgIpc) is 2.43. The van der Waals surface area contributed by atoms with Crippen LogP contribution in [0.25, 0.3) is 0 Å². The van der Waals surface area contributed by atoms with Crippen LogP contribution in [-0.2, 0) is 13.5 Å². The molecule has 0 fully saturated rings. The molecule has 4 nitrogen and oxygen atoms in total. The lowest BCUT2D eigenvalue weighted by molar-refractivity contribution is 0.100. The molecule has 0 aliphatic carbocycles. The molecule has 1 aromatic heterocycles. The van der Waals surface area contributed by atoms with Crippen molar-refractivity contribution in [3.05, 3.63) is 17.5 Å². The number of carbonyl (C=O) groups is 1. The van der Waals surface area contributed by atoms with Gasteiger partial charge in [-0.15, -0.1) is 0 Å². The predicted octanol–water partition coefficient (Wildman–Crippen LogP) is 0.548. The van der Waals surface area contributed by atoms with E-state index in [1.807, 2.05) is 0 Å². The van der Waals surface area contributed by atoms with Crippen LogP contribution in [-0.4, -0.2) is 27.3 Å². The molecule has 0 unspecified atom stereocenters. The molecule has 1 aromatic rings. The van der Waals surface area contributed by atoms with Crippen LogP contribution in [0.2, 0.25) is 0 Å². The zero-order chi connectivity index (χ0) is 9.84. The van der Waals surface area contributed by atoms with Gasteiger partial charge in [-0.3, -0.25) is 9.48 Å². The van der Waals surface area contributed by atoms with Gasteiger partial charge in [0.15, 0.2) is 5.78 Å². The van der Waals surface area contributed by atoms with Gasteiger partial charge in [-0.2, -0.15) is 5.10 Å². The van der Waals surface area contributed by atoms with Crippen molar-refractivity contribution in [2.24, 2.45) is 7.05 Å². The van der Waals surface area contributed by atoms with Crippen molar-refractivity contribution in [3.63, 3.8) is 0 Å². The fraction of sp³-hybridized carbons (Fsp3) is 0.556. The Kier molecular flexibility index (Phi) is 3.19. The Morgan fingerprint density at radius 1 is 1.69 bits per heavy atom. The fourth-order valence-corrected chi connectivity index (χ4v) is 1.24. The first-order valence-electron chi connectivity index (χ1n) is 4.30. The van der Waals surface area contributed by atoms with Gasteiger partial charge in [-0.25, -0.2) is 0 Å². The first-order valence-corrected chi connectivity index (χ1v) is 4.30. The van der Waals surface area contributed by atoms with E-state index in [-0.39, 0.29) is 12.4 Å². The van der Waals surface area contributed by atoms with Crippen LogP contribution in [0.4, 0.5) is 0 Å². The maximum absolute atomic E-state index is 11.0. The predicted molar refractivity (Wildman–Crippen MR) is 48.6 cm³/mol. The molecule has 0 saturated heterocycles. The number of aryl methyl sites for hydroxylation is 2. The number of ketones is 1. The summed E-state index contributed by atoms with van der Waals surface area (Å²) in [6.45, 7) is 1.68. The second-order valence-electron chi connectivity index (χ2n) is 3.03. The molecule has 0 aliphatic heterocycles. The number of carbonyl (C=O) groups excluding carboxylic acids is 1. The quantitative estimate of drug-likeness (QED) is 0.692. The van der Waals surface area contributed by atoms with Crippen LogP contribution in [0.1, 0.15) is 29.5 Å². The molecule has 0 atom stereocenters. The van der Waals surface area contributed by atoms with Gasteiger partial charge < -0.3 is 5.11 Å². The second-order valence-corrected chi connectivity index (χ2v) is 3.03. The normalized spacial score (nSPS) is 10.4. The smallest absolute Gasteiger partial charge is 0.177 e. The number of hydrogen-bond acceptors (Lipinski definition) is 3. The van der Waals surface area contributed by atoms with Crippen molar-refractivity contribution in [2.45, 2.75) is 19.8 Å². The first-order chi connectivity index (χ1) is 6.15. The maximum atomic E-state index is 11.0. The number of rotatable bonds is 4. The number of Topliss-reactive ketones (excluding diaryl/α,β-unsaturated/α-hetero) is 1. The zero-order valence-electron chi connectivity index (χ0n) is 7.95. The summed E-state index contributed by atoms with van der Waals surface area (Å²) in [4.78, 5) is 11.0. The molecule has 0 amide bonds. The van der Waals surface area contributed by atoms with Crippen molar-refractivity contribution in [1.29, 1.82) is 0 Å². The number of aliphatic hydroxyl groups excluding tert-OH is 1. The molecule has 13 heavy (non-hydrogen) atoms. The minimum atomic E-state index is 0.0187. The standard InChI is InChI=1S/C9H14N2O2/c1-7(13)9-6-8(4-3-5-12)10-11(9)2/h6,12H,3-5H2,1-2H3. The van der Waals surface area contributed by atoms with Gasteiger partial charge in [-0.05, 0) is 18.9 Å². The molecule has 1 rings (SSSR count). The Bertz CT molecular complexity index is 305. The molecule has 4 heteroatoms. The van der Waals surface area contributed by atoms with E-state index in [1.54, 1.807) is 17.8 Å². The Morgan fingerprint density at radius 2 is 2.38 bits per heavy atom. The molecule has 0 spiro atoms. The van der Waals surface area contributed by atoms with E-state index in [2.05, 4.69) is 5.10 Å². The summed E-state index contributed by atoms with van der Waals surface area (Å²) in [5.41, 5.74) is 1.48. The number of nitrogens with zero attached hydrogens (tertiary/aromatic N) is 2. The monoisotopic (exact) mass is 182 g/mol. The van der Waals surface area contributed by atoms with E-state index >= 15 is 0 Å². The highest BCUT2D eigenvalue weighted by molar-refractivity contribution is 5.92. The zero-order valence-corrected chi connectivity index (χ0v) is 7.95. The van der Waals surface area contributed by atoms with Gasteiger partial charge in [0.2, 0.25) is 0 Å². The first kappa shape index (κ1) is 9.92. The Balaban J connectivity index is 2.76. The third-order valence-corrected chi connectivity index (χ3v) is 1.88. The van der Waals surface area contributed by atoms with E-state index in [0.717, 1.165) is 12.1 Å². The van der Waals surface area contributed by atoms with E-state index in [9.17, 15) is 4.79 Å². The third kappa shape index (κ3) is 2.39. The Labute approximate surface area is 77.2 Å². The van der Waals surface area contributed by atoms with E-state index in [4.69, 9.17) is 5.11 Å². The second kappa shape index (κ2) is 4.18. The minimum absolute atomic E-state index is 0.0187. The molecule has 0 radical (unpaired) electrons. The van der Waals surface area contributed by atoms with Crippen molar-refractivity contribution >= 4 is 5.78 Å². The van der Waals surface area contributed by atoms with Crippen LogP contribution in [0.15, 0.2) is 6.07 Å². The molecule has 0 aliphatic rings. The number of aromatic nitrogens is 2. The van der Waals surface area contributed by atoms with Crippen molar-refractivity contribution in [1.82, 2.24) is 9.78 Å². The van der Waals surface area contributed by atoms with Crippen LogP contribution < -0.4 is 0 Å². The highest BCUT2D eigenvalue weighted by atomic mass is 16.2. The van der Waals surface area contributed by atoms with Crippen molar-refractivity contribution < 1.29 is 9.90 Å². The summed E-state index contributed by atoms with van der Waals surface area (Å²) in [5.74, 6) is 0.0187. The third-order valence-electron chi connectivity index (χ3n) is 1.88. The molecular formula is C9H14N2O2. The van der Waals surface area contributed by atoms with Crippen LogP contribution in [0.5, 0.6) is 0 Å². The van der Waals surface area contributed by atoms with Crippen molar-refractivity contribution in [2.75, 3.05) is 6.61 Å². The SMILES string of the molecule is CC(=O)c1cc(CCCO)nn1C. The average molecular weight is 182 g/mol. The van der Waals surface area contributed by atoms with E-state index in [1.165, 1.54) is 6.92 Å². The lowest BCUT2D eigenvalue weighted by atomic mass is 10.2. The van der Waals surface area contributed by atoms with Crippen molar-refractivity contribution in [3.8, 4) is 0 Å². The highest BCUT2D eigenvalue weighted by Crippen LogP contribution is 2.05. The van der Waals surface area contributed by atoms with Gasteiger partial charge in [0.25, 0.3) is 0 Å². The minimum Gasteiger partial charge on any atom is -0.396 e. The summed E-state index contributed by atoms with van der Waals surface area (Å²) in [7, 11) is 1.75. The highest BCUT2D eigenvalue weighted by Gasteiger charge is 2.07. The number of aliphatic hydroxyl groups is 1. The maximum Gasteiger partial charge on any atom is 0.177 e. The Morgan fingerprint density at radius 3 is 2.85 bits per heavy atom. The summed E-state index contributed by atoms with van der Waals surface area (Å²) in [6, 6.07) is 1.78. The summed E-state index contributed by atoms with van der Waals surface area (Å²) in [6.07, 6.45) is 1.41. The topological polar surface area (TPSA) is 55.1 Å². The van der Waals surface area contributed by atoms with Gasteiger partial charge in [0.05, 0.1) is 5.69 Å². The molecule has 0 aromatic carbocycles.